The highest BCUT2D eigenvalue weighted by atomic mass is 32.3. The van der Waals surface area contributed by atoms with E-state index in [0.29, 0.717) is 17.4 Å². The summed E-state index contributed by atoms with van der Waals surface area (Å²) >= 11 is 0. The number of nitriles is 1. The van der Waals surface area contributed by atoms with Crippen molar-refractivity contribution >= 4 is 10.4 Å². The molecule has 7 heteroatoms. The summed E-state index contributed by atoms with van der Waals surface area (Å²) in [5.41, 5.74) is 0. The first-order chi connectivity index (χ1) is 9.70. The summed E-state index contributed by atoms with van der Waals surface area (Å²) in [5, 5.41) is 8.77. The van der Waals surface area contributed by atoms with Gasteiger partial charge in [0.15, 0.2) is 6.54 Å². The number of likely N-dealkylation sites (N-methyl/N-ethyl adjacent to an activating group) is 1. The average Bonchev–Trinajstić information content (AvgIpc) is 2.30. The lowest BCUT2D eigenvalue weighted by molar-refractivity contribution is -0.886. The second-order valence-corrected chi connectivity index (χ2v) is 7.18. The Labute approximate surface area is 129 Å². The minimum absolute atomic E-state index is 0.266. The Bertz CT molecular complexity index is 415. The standard InChI is InChI=1S/C14H28N2O4S/c1-4-5-6-7-8-9-10-14(20-21(17,18)19)13-16(2,3)12-11-15/h14H,4-10,12-13H2,1-3H3/p+1. The summed E-state index contributed by atoms with van der Waals surface area (Å²) in [4.78, 5) is 0. The van der Waals surface area contributed by atoms with E-state index in [-0.39, 0.29) is 6.54 Å². The fourth-order valence-corrected chi connectivity index (χ4v) is 2.80. The first-order valence-electron chi connectivity index (χ1n) is 7.55. The van der Waals surface area contributed by atoms with E-state index in [9.17, 15) is 8.42 Å². The molecule has 0 saturated heterocycles. The lowest BCUT2D eigenvalue weighted by Gasteiger charge is -2.30. The van der Waals surface area contributed by atoms with Crippen molar-refractivity contribution in [3.63, 3.8) is 0 Å². The van der Waals surface area contributed by atoms with Crippen LogP contribution in [0.3, 0.4) is 0 Å². The largest absolute Gasteiger partial charge is 0.397 e. The zero-order valence-electron chi connectivity index (χ0n) is 13.4. The normalized spacial score (nSPS) is 13.9. The Morgan fingerprint density at radius 1 is 1.19 bits per heavy atom. The predicted octanol–water partition coefficient (Wildman–Crippen LogP) is 2.52. The van der Waals surface area contributed by atoms with Crippen molar-refractivity contribution in [2.24, 2.45) is 0 Å². The summed E-state index contributed by atoms with van der Waals surface area (Å²) in [7, 11) is -0.779. The summed E-state index contributed by atoms with van der Waals surface area (Å²) in [6, 6.07) is 2.07. The predicted molar refractivity (Wildman–Crippen MR) is 81.9 cm³/mol. The van der Waals surface area contributed by atoms with E-state index >= 15 is 0 Å². The SMILES string of the molecule is CCCCCCCCC(C[N+](C)(C)CC#N)OS(=O)(=O)O. The lowest BCUT2D eigenvalue weighted by Crippen LogP contribution is -2.46. The Balaban J connectivity index is 4.31. The maximum atomic E-state index is 10.9. The van der Waals surface area contributed by atoms with Crippen molar-refractivity contribution in [3.8, 4) is 6.07 Å². The smallest absolute Gasteiger partial charge is 0.314 e. The molecule has 0 heterocycles. The molecule has 0 aliphatic rings. The van der Waals surface area contributed by atoms with Gasteiger partial charge in [-0.15, -0.1) is 0 Å². The number of quaternary nitrogens is 1. The minimum atomic E-state index is -4.45. The van der Waals surface area contributed by atoms with Crippen LogP contribution >= 0.6 is 0 Å². The lowest BCUT2D eigenvalue weighted by atomic mass is 10.1. The Morgan fingerprint density at radius 2 is 1.76 bits per heavy atom. The number of hydrogen-bond donors (Lipinski definition) is 1. The number of unbranched alkanes of at least 4 members (excludes halogenated alkanes) is 5. The summed E-state index contributed by atoms with van der Waals surface area (Å²) in [5.74, 6) is 0. The van der Waals surface area contributed by atoms with Crippen LogP contribution < -0.4 is 0 Å². The average molecular weight is 321 g/mol. The van der Waals surface area contributed by atoms with Gasteiger partial charge in [-0.25, -0.2) is 4.18 Å². The van der Waals surface area contributed by atoms with Crippen molar-refractivity contribution in [2.45, 2.75) is 58.0 Å². The summed E-state index contributed by atoms with van der Waals surface area (Å²) in [6.45, 7) is 2.80. The molecule has 124 valence electrons. The van der Waals surface area contributed by atoms with E-state index in [1.807, 2.05) is 14.1 Å². The van der Waals surface area contributed by atoms with Crippen LogP contribution in [-0.2, 0) is 14.6 Å². The third-order valence-electron chi connectivity index (χ3n) is 3.33. The van der Waals surface area contributed by atoms with Crippen molar-refractivity contribution in [1.82, 2.24) is 0 Å². The second-order valence-electron chi connectivity index (χ2n) is 6.14. The van der Waals surface area contributed by atoms with Crippen LogP contribution in [0.5, 0.6) is 0 Å². The fourth-order valence-electron chi connectivity index (χ4n) is 2.30. The van der Waals surface area contributed by atoms with Gasteiger partial charge in [-0.2, -0.15) is 13.7 Å². The van der Waals surface area contributed by atoms with Crippen molar-refractivity contribution in [3.05, 3.63) is 0 Å². The van der Waals surface area contributed by atoms with E-state index in [2.05, 4.69) is 13.0 Å². The van der Waals surface area contributed by atoms with Gasteiger partial charge in [0.1, 0.15) is 18.7 Å². The molecular formula is C14H29N2O4S+. The Kier molecular flexibility index (Phi) is 9.79. The maximum absolute atomic E-state index is 10.9. The van der Waals surface area contributed by atoms with Gasteiger partial charge in [0.05, 0.1) is 14.1 Å². The third kappa shape index (κ3) is 12.8. The molecule has 0 radical (unpaired) electrons. The number of hydrogen-bond acceptors (Lipinski definition) is 4. The highest BCUT2D eigenvalue weighted by molar-refractivity contribution is 7.80. The third-order valence-corrected chi connectivity index (χ3v) is 3.85. The van der Waals surface area contributed by atoms with Gasteiger partial charge in [-0.1, -0.05) is 45.4 Å². The molecule has 0 bridgehead atoms. The molecule has 21 heavy (non-hydrogen) atoms. The quantitative estimate of drug-likeness (QED) is 0.258. The molecule has 6 nitrogen and oxygen atoms in total. The zero-order chi connectivity index (χ0) is 16.4. The number of rotatable bonds is 12. The van der Waals surface area contributed by atoms with Crippen LogP contribution in [0.4, 0.5) is 0 Å². The molecule has 0 amide bonds. The van der Waals surface area contributed by atoms with Crippen LogP contribution in [0.15, 0.2) is 0 Å². The van der Waals surface area contributed by atoms with E-state index in [1.165, 1.54) is 19.3 Å². The fraction of sp³-hybridized carbons (Fsp3) is 0.929. The molecule has 1 atom stereocenters. The van der Waals surface area contributed by atoms with Crippen LogP contribution in [0.2, 0.25) is 0 Å². The van der Waals surface area contributed by atoms with Gasteiger partial charge in [-0.3, -0.25) is 4.55 Å². The summed E-state index contributed by atoms with van der Waals surface area (Å²) < 4.78 is 35.8. The molecule has 0 rings (SSSR count). The van der Waals surface area contributed by atoms with Crippen LogP contribution in [0.25, 0.3) is 0 Å². The van der Waals surface area contributed by atoms with Crippen LogP contribution in [0, 0.1) is 11.3 Å². The first kappa shape index (κ1) is 20.3. The second kappa shape index (κ2) is 10.1. The zero-order valence-corrected chi connectivity index (χ0v) is 14.2. The molecule has 0 aliphatic heterocycles. The van der Waals surface area contributed by atoms with Crippen molar-refractivity contribution in [1.29, 1.82) is 5.26 Å². The highest BCUT2D eigenvalue weighted by Crippen LogP contribution is 2.14. The molecule has 0 saturated carbocycles. The molecule has 0 spiro atoms. The van der Waals surface area contributed by atoms with Crippen molar-refractivity contribution in [2.75, 3.05) is 27.2 Å². The topological polar surface area (TPSA) is 87.4 Å². The molecular weight excluding hydrogens is 292 g/mol. The van der Waals surface area contributed by atoms with Gasteiger partial charge in [0, 0.05) is 0 Å². The monoisotopic (exact) mass is 321 g/mol. The minimum Gasteiger partial charge on any atom is -0.314 e. The van der Waals surface area contributed by atoms with Crippen LogP contribution in [-0.4, -0.2) is 50.7 Å². The van der Waals surface area contributed by atoms with Crippen LogP contribution in [0.1, 0.15) is 51.9 Å². The highest BCUT2D eigenvalue weighted by Gasteiger charge is 2.26. The summed E-state index contributed by atoms with van der Waals surface area (Å²) in [6.07, 6.45) is 6.59. The molecule has 1 N–H and O–H groups in total. The van der Waals surface area contributed by atoms with Gasteiger partial charge < -0.3 is 4.48 Å². The Morgan fingerprint density at radius 3 is 2.29 bits per heavy atom. The van der Waals surface area contributed by atoms with E-state index in [0.717, 1.165) is 19.3 Å². The Hall–Kier alpha value is -0.680. The molecule has 0 aliphatic carbocycles. The van der Waals surface area contributed by atoms with E-state index in [1.54, 1.807) is 0 Å². The van der Waals surface area contributed by atoms with E-state index in [4.69, 9.17) is 14.0 Å². The molecule has 0 aromatic rings. The van der Waals surface area contributed by atoms with Gasteiger partial charge in [0.25, 0.3) is 0 Å². The van der Waals surface area contributed by atoms with Gasteiger partial charge in [0.2, 0.25) is 0 Å². The van der Waals surface area contributed by atoms with E-state index < -0.39 is 16.5 Å². The molecule has 1 unspecified atom stereocenters. The number of nitrogens with zero attached hydrogens (tertiary/aromatic N) is 2. The van der Waals surface area contributed by atoms with Crippen molar-refractivity contribution < 1.29 is 21.6 Å². The van der Waals surface area contributed by atoms with Gasteiger partial charge in [-0.05, 0) is 6.42 Å². The van der Waals surface area contributed by atoms with Gasteiger partial charge >= 0.3 is 10.4 Å². The molecule has 0 aromatic carbocycles. The maximum Gasteiger partial charge on any atom is 0.397 e. The first-order valence-corrected chi connectivity index (χ1v) is 8.91. The molecule has 0 aromatic heterocycles. The molecule has 0 fully saturated rings.